The Morgan fingerprint density at radius 3 is 2.35 bits per heavy atom. The summed E-state index contributed by atoms with van der Waals surface area (Å²) in [7, 11) is 0. The average molecular weight is 300 g/mol. The minimum atomic E-state index is -0.954. The van der Waals surface area contributed by atoms with Crippen LogP contribution in [0, 0.1) is 0 Å². The normalized spacial score (nSPS) is 12.4. The second-order valence-corrected chi connectivity index (χ2v) is 5.28. The summed E-state index contributed by atoms with van der Waals surface area (Å²) >= 11 is 5.38. The van der Waals surface area contributed by atoms with Crippen LogP contribution in [0.15, 0.2) is 30.3 Å². The smallest absolute Gasteiger partial charge is 0.408 e. The zero-order chi connectivity index (χ0) is 15.2. The summed E-state index contributed by atoms with van der Waals surface area (Å²) in [6.45, 7) is 5.21. The van der Waals surface area contributed by atoms with Gasteiger partial charge in [-0.25, -0.2) is 9.59 Å². The first-order chi connectivity index (χ1) is 9.33. The number of carbonyl (C=O) groups excluding carboxylic acids is 2. The molecule has 0 aromatic heterocycles. The molecule has 1 unspecified atom stereocenters. The van der Waals surface area contributed by atoms with Crippen molar-refractivity contribution in [2.24, 2.45) is 0 Å². The molecule has 0 heterocycles. The van der Waals surface area contributed by atoms with Gasteiger partial charge in [-0.05, 0) is 26.3 Å². The van der Waals surface area contributed by atoms with Crippen molar-refractivity contribution in [1.29, 1.82) is 0 Å². The van der Waals surface area contributed by atoms with Gasteiger partial charge in [0.25, 0.3) is 0 Å². The van der Waals surface area contributed by atoms with Gasteiger partial charge in [0.15, 0.2) is 12.1 Å². The molecule has 1 aromatic rings. The molecular weight excluding hydrogens is 282 g/mol. The molecule has 0 bridgehead atoms. The van der Waals surface area contributed by atoms with Gasteiger partial charge in [-0.3, -0.25) is 0 Å². The SMILES string of the molecule is CC(C)(C)OC(=O)NC(C(=O)OCCl)c1ccccc1. The molecule has 1 rings (SSSR count). The van der Waals surface area contributed by atoms with E-state index in [1.54, 1.807) is 51.1 Å². The molecule has 0 fully saturated rings. The number of benzene rings is 1. The number of alkyl carbamates (subject to hydrolysis) is 1. The monoisotopic (exact) mass is 299 g/mol. The van der Waals surface area contributed by atoms with Gasteiger partial charge in [-0.2, -0.15) is 0 Å². The van der Waals surface area contributed by atoms with Crippen molar-refractivity contribution in [3.63, 3.8) is 0 Å². The zero-order valence-electron chi connectivity index (χ0n) is 11.7. The van der Waals surface area contributed by atoms with E-state index in [-0.39, 0.29) is 6.07 Å². The van der Waals surface area contributed by atoms with E-state index in [9.17, 15) is 9.59 Å². The fourth-order valence-corrected chi connectivity index (χ4v) is 1.59. The molecule has 20 heavy (non-hydrogen) atoms. The van der Waals surface area contributed by atoms with Gasteiger partial charge in [0, 0.05) is 0 Å². The number of rotatable bonds is 4. The van der Waals surface area contributed by atoms with Crippen LogP contribution < -0.4 is 5.32 Å². The van der Waals surface area contributed by atoms with Crippen LogP contribution in [0.1, 0.15) is 32.4 Å². The second-order valence-electron chi connectivity index (χ2n) is 5.06. The summed E-state index contributed by atoms with van der Waals surface area (Å²) in [4.78, 5) is 23.6. The van der Waals surface area contributed by atoms with Crippen molar-refractivity contribution >= 4 is 23.7 Å². The lowest BCUT2D eigenvalue weighted by Crippen LogP contribution is -2.38. The van der Waals surface area contributed by atoms with E-state index in [1.165, 1.54) is 0 Å². The molecular formula is C14H18ClNO4. The van der Waals surface area contributed by atoms with Crippen LogP contribution in [0.2, 0.25) is 0 Å². The van der Waals surface area contributed by atoms with E-state index >= 15 is 0 Å². The molecule has 0 saturated carbocycles. The highest BCUT2D eigenvalue weighted by Gasteiger charge is 2.26. The highest BCUT2D eigenvalue weighted by molar-refractivity contribution is 6.17. The summed E-state index contributed by atoms with van der Waals surface area (Å²) in [5.41, 5.74) is -0.0599. The van der Waals surface area contributed by atoms with Crippen molar-refractivity contribution in [2.75, 3.05) is 6.07 Å². The van der Waals surface area contributed by atoms with Gasteiger partial charge >= 0.3 is 12.1 Å². The number of alkyl halides is 1. The Kier molecular flexibility index (Phi) is 5.82. The Hall–Kier alpha value is -1.75. The van der Waals surface area contributed by atoms with E-state index in [0.717, 1.165) is 0 Å². The molecule has 0 saturated heterocycles. The Labute approximate surface area is 123 Å². The number of hydrogen-bond donors (Lipinski definition) is 1. The number of halogens is 1. The molecule has 110 valence electrons. The quantitative estimate of drug-likeness (QED) is 0.685. The van der Waals surface area contributed by atoms with Gasteiger partial charge in [-0.1, -0.05) is 41.9 Å². The third-order valence-electron chi connectivity index (χ3n) is 2.23. The molecule has 0 radical (unpaired) electrons. The molecule has 0 aliphatic carbocycles. The van der Waals surface area contributed by atoms with E-state index in [1.807, 2.05) is 0 Å². The third kappa shape index (κ3) is 5.48. The summed E-state index contributed by atoms with van der Waals surface area (Å²) in [5, 5.41) is 2.48. The number of amides is 1. The number of ether oxygens (including phenoxy) is 2. The number of hydrogen-bond acceptors (Lipinski definition) is 4. The molecule has 5 nitrogen and oxygen atoms in total. The predicted molar refractivity (Wildman–Crippen MR) is 75.4 cm³/mol. The Morgan fingerprint density at radius 1 is 1.25 bits per heavy atom. The largest absolute Gasteiger partial charge is 0.448 e. The summed E-state index contributed by atoms with van der Waals surface area (Å²) in [6.07, 6.45) is -0.696. The first-order valence-corrected chi connectivity index (χ1v) is 6.64. The van der Waals surface area contributed by atoms with E-state index in [0.29, 0.717) is 5.56 Å². The molecule has 6 heteroatoms. The lowest BCUT2D eigenvalue weighted by molar-refractivity contribution is -0.144. The second kappa shape index (κ2) is 7.14. The van der Waals surface area contributed by atoms with E-state index in [2.05, 4.69) is 5.32 Å². The van der Waals surface area contributed by atoms with Gasteiger partial charge in [0.1, 0.15) is 5.60 Å². The fraction of sp³-hybridized carbons (Fsp3) is 0.429. The maximum atomic E-state index is 11.9. The number of esters is 1. The van der Waals surface area contributed by atoms with Crippen LogP contribution in [0.25, 0.3) is 0 Å². The molecule has 0 spiro atoms. The highest BCUT2D eigenvalue weighted by Crippen LogP contribution is 2.16. The maximum absolute atomic E-state index is 11.9. The van der Waals surface area contributed by atoms with E-state index < -0.39 is 23.7 Å². The van der Waals surface area contributed by atoms with Crippen LogP contribution >= 0.6 is 11.6 Å². The highest BCUT2D eigenvalue weighted by atomic mass is 35.5. The van der Waals surface area contributed by atoms with Crippen LogP contribution in [-0.4, -0.2) is 23.7 Å². The lowest BCUT2D eigenvalue weighted by atomic mass is 10.1. The molecule has 1 atom stereocenters. The summed E-state index contributed by atoms with van der Waals surface area (Å²) < 4.78 is 9.87. The van der Waals surface area contributed by atoms with Crippen LogP contribution in [0.3, 0.4) is 0 Å². The van der Waals surface area contributed by atoms with Crippen molar-refractivity contribution in [2.45, 2.75) is 32.4 Å². The minimum Gasteiger partial charge on any atom is -0.448 e. The van der Waals surface area contributed by atoms with Gasteiger partial charge in [0.05, 0.1) is 0 Å². The van der Waals surface area contributed by atoms with Crippen molar-refractivity contribution in [1.82, 2.24) is 5.32 Å². The Morgan fingerprint density at radius 2 is 1.85 bits per heavy atom. The number of nitrogens with one attached hydrogen (secondary N) is 1. The standard InChI is InChI=1S/C14H18ClNO4/c1-14(2,3)20-13(18)16-11(12(17)19-9-15)10-7-5-4-6-8-10/h4-8,11H,9H2,1-3H3,(H,16,18). The van der Waals surface area contributed by atoms with Crippen LogP contribution in [-0.2, 0) is 14.3 Å². The van der Waals surface area contributed by atoms with Gasteiger partial charge in [0.2, 0.25) is 0 Å². The molecule has 1 amide bonds. The van der Waals surface area contributed by atoms with Gasteiger partial charge in [-0.15, -0.1) is 0 Å². The molecule has 0 aliphatic rings. The average Bonchev–Trinajstić information content (AvgIpc) is 2.35. The fourth-order valence-electron chi connectivity index (χ4n) is 1.49. The first-order valence-electron chi connectivity index (χ1n) is 6.10. The summed E-state index contributed by atoms with van der Waals surface area (Å²) in [6, 6.07) is 7.50. The third-order valence-corrected chi connectivity index (χ3v) is 2.34. The Bertz CT molecular complexity index is 456. The van der Waals surface area contributed by atoms with Gasteiger partial charge < -0.3 is 14.8 Å². The molecule has 0 aliphatic heterocycles. The Balaban J connectivity index is 2.84. The first kappa shape index (κ1) is 16.3. The summed E-state index contributed by atoms with van der Waals surface area (Å²) in [5.74, 6) is -0.642. The van der Waals surface area contributed by atoms with Crippen LogP contribution in [0.5, 0.6) is 0 Å². The predicted octanol–water partition coefficient (Wildman–Crippen LogP) is 2.99. The van der Waals surface area contributed by atoms with Crippen LogP contribution in [0.4, 0.5) is 4.79 Å². The van der Waals surface area contributed by atoms with Crippen molar-refractivity contribution in [3.05, 3.63) is 35.9 Å². The number of carbonyl (C=O) groups is 2. The van der Waals surface area contributed by atoms with Crippen molar-refractivity contribution < 1.29 is 19.1 Å². The molecule has 1 N–H and O–H groups in total. The van der Waals surface area contributed by atoms with E-state index in [4.69, 9.17) is 21.1 Å². The minimum absolute atomic E-state index is 0.280. The zero-order valence-corrected chi connectivity index (χ0v) is 12.4. The molecule has 1 aromatic carbocycles. The lowest BCUT2D eigenvalue weighted by Gasteiger charge is -2.22. The van der Waals surface area contributed by atoms with Crippen molar-refractivity contribution in [3.8, 4) is 0 Å². The maximum Gasteiger partial charge on any atom is 0.408 e. The topological polar surface area (TPSA) is 64.6 Å².